The van der Waals surface area contributed by atoms with Crippen LogP contribution in [-0.2, 0) is 14.4 Å². The average Bonchev–Trinajstić information content (AvgIpc) is 2.73. The van der Waals surface area contributed by atoms with E-state index in [-0.39, 0.29) is 47.3 Å². The lowest BCUT2D eigenvalue weighted by Gasteiger charge is -2.41. The number of carboxylic acid groups (broad SMARTS) is 1. The Morgan fingerprint density at radius 3 is 2.06 bits per heavy atom. The van der Waals surface area contributed by atoms with Gasteiger partial charge in [0.2, 0.25) is 11.8 Å². The van der Waals surface area contributed by atoms with Gasteiger partial charge in [0.15, 0.2) is 0 Å². The second-order valence-electron chi connectivity index (χ2n) is 10.3. The van der Waals surface area contributed by atoms with Gasteiger partial charge in [0.1, 0.15) is 6.04 Å². The number of carbonyl (C=O) groups excluding carboxylic acids is 2. The van der Waals surface area contributed by atoms with Crippen molar-refractivity contribution < 1.29 is 19.5 Å². The van der Waals surface area contributed by atoms with Gasteiger partial charge in [-0.2, -0.15) is 0 Å². The van der Waals surface area contributed by atoms with Gasteiger partial charge in [-0.1, -0.05) is 54.0 Å². The van der Waals surface area contributed by atoms with Gasteiger partial charge in [0.05, 0.1) is 12.1 Å². The highest BCUT2D eigenvalue weighted by Gasteiger charge is 2.37. The Kier molecular flexibility index (Phi) is 10.9. The molecule has 2 unspecified atom stereocenters. The van der Waals surface area contributed by atoms with E-state index < -0.39 is 12.0 Å². The summed E-state index contributed by atoms with van der Waals surface area (Å²) in [4.78, 5) is 42.0. The molecule has 184 valence electrons. The smallest absolute Gasteiger partial charge is 0.331 e. The van der Waals surface area contributed by atoms with Gasteiger partial charge >= 0.3 is 5.97 Å². The normalized spacial score (nSPS) is 20.9. The van der Waals surface area contributed by atoms with E-state index in [0.29, 0.717) is 5.92 Å². The molecule has 7 nitrogen and oxygen atoms in total. The zero-order chi connectivity index (χ0) is 24.7. The van der Waals surface area contributed by atoms with Crippen LogP contribution in [0.4, 0.5) is 0 Å². The zero-order valence-electron chi connectivity index (χ0n) is 21.5. The number of hydrogen-bond donors (Lipinski definition) is 2. The van der Waals surface area contributed by atoms with Gasteiger partial charge in [0, 0.05) is 18.7 Å². The van der Waals surface area contributed by atoms with E-state index in [0.717, 1.165) is 25.8 Å². The Morgan fingerprint density at radius 2 is 1.59 bits per heavy atom. The molecule has 2 N–H and O–H groups in total. The molecule has 0 bridgehead atoms. The average molecular weight is 452 g/mol. The fourth-order valence-electron chi connectivity index (χ4n) is 4.31. The molecule has 2 amide bonds. The summed E-state index contributed by atoms with van der Waals surface area (Å²) in [6, 6.07) is -0.971. The summed E-state index contributed by atoms with van der Waals surface area (Å²) in [6.07, 6.45) is 4.51. The summed E-state index contributed by atoms with van der Waals surface area (Å²) < 4.78 is 0. The lowest BCUT2D eigenvalue weighted by molar-refractivity contribution is -0.140. The minimum atomic E-state index is -0.998. The third-order valence-corrected chi connectivity index (χ3v) is 6.80. The van der Waals surface area contributed by atoms with Crippen molar-refractivity contribution >= 4 is 17.8 Å². The molecular formula is C25H45N3O4. The lowest BCUT2D eigenvalue weighted by Crippen LogP contribution is -2.59. The maximum atomic E-state index is 13.4. The first-order valence-electron chi connectivity index (χ1n) is 12.0. The highest BCUT2D eigenvalue weighted by Crippen LogP contribution is 2.24. The highest BCUT2D eigenvalue weighted by atomic mass is 16.4. The van der Waals surface area contributed by atoms with E-state index in [1.165, 1.54) is 6.92 Å². The van der Waals surface area contributed by atoms with E-state index in [4.69, 9.17) is 0 Å². The number of carbonyl (C=O) groups is 3. The summed E-state index contributed by atoms with van der Waals surface area (Å²) >= 11 is 0. The minimum absolute atomic E-state index is 0.0301. The van der Waals surface area contributed by atoms with Crippen molar-refractivity contribution in [1.82, 2.24) is 15.1 Å². The van der Waals surface area contributed by atoms with Crippen molar-refractivity contribution in [2.24, 2.45) is 17.8 Å². The molecular weight excluding hydrogens is 406 g/mol. The second kappa shape index (κ2) is 12.4. The van der Waals surface area contributed by atoms with Crippen molar-refractivity contribution in [3.05, 3.63) is 11.6 Å². The van der Waals surface area contributed by atoms with E-state index in [9.17, 15) is 19.5 Å². The number of nitrogens with one attached hydrogen (secondary N) is 1. The monoisotopic (exact) mass is 451 g/mol. The van der Waals surface area contributed by atoms with E-state index >= 15 is 0 Å². The highest BCUT2D eigenvalue weighted by molar-refractivity contribution is 5.90. The van der Waals surface area contributed by atoms with Crippen LogP contribution in [0.25, 0.3) is 0 Å². The molecule has 0 aliphatic carbocycles. The summed E-state index contributed by atoms with van der Waals surface area (Å²) in [6.45, 7) is 16.7. The first kappa shape index (κ1) is 28.1. The SMILES string of the molecule is CC(=C[C@H](C(C)C)N(C)C(=O)[C@@H](NC(=O)C1CCCCN1C(C)C(C)C)C(C)C)C(=O)O. The molecule has 0 radical (unpaired) electrons. The first-order chi connectivity index (χ1) is 14.8. The molecule has 4 atom stereocenters. The third kappa shape index (κ3) is 7.32. The van der Waals surface area contributed by atoms with Crippen molar-refractivity contribution in [2.75, 3.05) is 13.6 Å². The molecule has 1 rings (SSSR count). The molecule has 0 aromatic rings. The predicted molar refractivity (Wildman–Crippen MR) is 128 cm³/mol. The Morgan fingerprint density at radius 1 is 1.00 bits per heavy atom. The predicted octanol–water partition coefficient (Wildman–Crippen LogP) is 3.54. The number of hydrogen-bond acceptors (Lipinski definition) is 4. The number of carboxylic acids is 1. The molecule has 0 aromatic heterocycles. The van der Waals surface area contributed by atoms with Crippen LogP contribution >= 0.6 is 0 Å². The number of aliphatic carboxylic acids is 1. The van der Waals surface area contributed by atoms with Crippen LogP contribution in [0.15, 0.2) is 11.6 Å². The van der Waals surface area contributed by atoms with Gasteiger partial charge in [-0.3, -0.25) is 14.5 Å². The van der Waals surface area contributed by atoms with Gasteiger partial charge < -0.3 is 15.3 Å². The number of piperidine rings is 1. The summed E-state index contributed by atoms with van der Waals surface area (Å²) in [5, 5.41) is 12.3. The quantitative estimate of drug-likeness (QED) is 0.496. The van der Waals surface area contributed by atoms with E-state index in [1.807, 2.05) is 27.7 Å². The van der Waals surface area contributed by atoms with Crippen LogP contribution in [0, 0.1) is 17.8 Å². The molecule has 1 aliphatic rings. The number of amides is 2. The molecule has 1 heterocycles. The van der Waals surface area contributed by atoms with Gasteiger partial charge in [-0.05, 0) is 51.0 Å². The molecule has 0 spiro atoms. The third-order valence-electron chi connectivity index (χ3n) is 6.80. The first-order valence-corrected chi connectivity index (χ1v) is 12.0. The fraction of sp³-hybridized carbons (Fsp3) is 0.800. The Bertz CT molecular complexity index is 687. The summed E-state index contributed by atoms with van der Waals surface area (Å²) in [5.41, 5.74) is 0.203. The van der Waals surface area contributed by atoms with Crippen LogP contribution in [-0.4, -0.2) is 70.4 Å². The van der Waals surface area contributed by atoms with Gasteiger partial charge in [-0.15, -0.1) is 0 Å². The van der Waals surface area contributed by atoms with Crippen LogP contribution in [0.1, 0.15) is 74.7 Å². The van der Waals surface area contributed by atoms with E-state index in [2.05, 4.69) is 31.0 Å². The van der Waals surface area contributed by atoms with Crippen LogP contribution in [0.2, 0.25) is 0 Å². The van der Waals surface area contributed by atoms with E-state index in [1.54, 1.807) is 18.0 Å². The molecule has 7 heteroatoms. The summed E-state index contributed by atoms with van der Waals surface area (Å²) in [7, 11) is 1.69. The van der Waals surface area contributed by atoms with Crippen molar-refractivity contribution in [3.8, 4) is 0 Å². The molecule has 0 saturated carbocycles. The molecule has 32 heavy (non-hydrogen) atoms. The number of nitrogens with zero attached hydrogens (tertiary/aromatic N) is 2. The minimum Gasteiger partial charge on any atom is -0.478 e. The van der Waals surface area contributed by atoms with Crippen LogP contribution < -0.4 is 5.32 Å². The Labute approximate surface area is 194 Å². The largest absolute Gasteiger partial charge is 0.478 e. The molecule has 1 aliphatic heterocycles. The van der Waals surface area contributed by atoms with Gasteiger partial charge in [-0.25, -0.2) is 4.79 Å². The standard InChI is InChI=1S/C25H45N3O4/c1-15(2)19(8)28-13-11-10-12-20(28)23(29)26-22(17(5)6)24(30)27(9)21(16(3)4)14-18(7)25(31)32/h14-17,19-22H,10-13H2,1-9H3,(H,26,29)(H,31,32)/t19?,20?,21-,22+/m1/s1. The van der Waals surface area contributed by atoms with Crippen LogP contribution in [0.5, 0.6) is 0 Å². The van der Waals surface area contributed by atoms with Crippen molar-refractivity contribution in [1.29, 1.82) is 0 Å². The molecule has 1 saturated heterocycles. The maximum Gasteiger partial charge on any atom is 0.331 e. The van der Waals surface area contributed by atoms with Crippen LogP contribution in [0.3, 0.4) is 0 Å². The number of likely N-dealkylation sites (tertiary alicyclic amines) is 1. The molecule has 1 fully saturated rings. The van der Waals surface area contributed by atoms with Gasteiger partial charge in [0.25, 0.3) is 0 Å². The Balaban J connectivity index is 3.08. The topological polar surface area (TPSA) is 90.0 Å². The second-order valence-corrected chi connectivity index (χ2v) is 10.3. The van der Waals surface area contributed by atoms with Crippen molar-refractivity contribution in [3.63, 3.8) is 0 Å². The Hall–Kier alpha value is -1.89. The maximum absolute atomic E-state index is 13.4. The number of likely N-dealkylation sites (N-methyl/N-ethyl adjacent to an activating group) is 1. The summed E-state index contributed by atoms with van der Waals surface area (Å²) in [5.74, 6) is -0.903. The lowest BCUT2D eigenvalue weighted by atomic mass is 9.94. The number of rotatable bonds is 10. The fourth-order valence-corrected chi connectivity index (χ4v) is 4.31. The van der Waals surface area contributed by atoms with Crippen molar-refractivity contribution in [2.45, 2.75) is 98.8 Å². The molecule has 0 aromatic carbocycles. The zero-order valence-corrected chi connectivity index (χ0v) is 21.5.